The summed E-state index contributed by atoms with van der Waals surface area (Å²) in [4.78, 5) is 23.4. The average Bonchev–Trinajstić information content (AvgIpc) is 2.67. The summed E-state index contributed by atoms with van der Waals surface area (Å²) in [5, 5.41) is 3.45. The Labute approximate surface area is 186 Å². The highest BCUT2D eigenvalue weighted by Gasteiger charge is 2.57. The molecule has 1 aromatic rings. The molecule has 4 saturated carbocycles. The van der Waals surface area contributed by atoms with E-state index >= 15 is 0 Å². The van der Waals surface area contributed by atoms with Crippen LogP contribution >= 0.6 is 27.9 Å². The molecule has 1 aromatic carbocycles. The van der Waals surface area contributed by atoms with Crippen LogP contribution in [0.2, 0.25) is 0 Å². The number of halogens is 1. The fourth-order valence-electron chi connectivity index (χ4n) is 5.54. The first-order chi connectivity index (χ1) is 13.7. The van der Waals surface area contributed by atoms with E-state index in [2.05, 4.69) is 33.0 Å². The van der Waals surface area contributed by atoms with Gasteiger partial charge in [-0.25, -0.2) is 4.72 Å². The van der Waals surface area contributed by atoms with Crippen molar-refractivity contribution in [1.29, 1.82) is 0 Å². The van der Waals surface area contributed by atoms with E-state index in [1.165, 1.54) is 24.8 Å². The fraction of sp³-hybridized carbons (Fsp3) is 0.636. The molecule has 0 saturated heterocycles. The van der Waals surface area contributed by atoms with Gasteiger partial charge in [0.25, 0.3) is 0 Å². The molecule has 4 N–H and O–H groups in total. The maximum absolute atomic E-state index is 11.6. The zero-order valence-electron chi connectivity index (χ0n) is 17.4. The minimum Gasteiger partial charge on any atom is -0.369 e. The molecule has 0 spiro atoms. The summed E-state index contributed by atoms with van der Waals surface area (Å²) in [6, 6.07) is 8.56. The second kappa shape index (κ2) is 9.08. The Balaban J connectivity index is 0.000000166. The highest BCUT2D eigenvalue weighted by atomic mass is 79.9. The average molecular weight is 482 g/mol. The number of carbonyl (C=O) groups is 2. The van der Waals surface area contributed by atoms with Crippen LogP contribution in [0.1, 0.15) is 46.0 Å². The molecule has 2 unspecified atom stereocenters. The molecule has 5 nitrogen and oxygen atoms in total. The van der Waals surface area contributed by atoms with E-state index in [4.69, 9.17) is 5.73 Å². The first kappa shape index (κ1) is 22.8. The molecular formula is C22H32BrN3O2S. The summed E-state index contributed by atoms with van der Waals surface area (Å²) in [7, 11) is 2.06. The fourth-order valence-corrected chi connectivity index (χ4v) is 6.85. The van der Waals surface area contributed by atoms with E-state index in [-0.39, 0.29) is 11.3 Å². The molecule has 0 aliphatic heterocycles. The van der Waals surface area contributed by atoms with E-state index in [9.17, 15) is 9.59 Å². The predicted octanol–water partition coefficient (Wildman–Crippen LogP) is 3.91. The van der Waals surface area contributed by atoms with Crippen LogP contribution in [-0.4, -0.2) is 30.8 Å². The van der Waals surface area contributed by atoms with Crippen LogP contribution in [0.3, 0.4) is 0 Å². The van der Waals surface area contributed by atoms with Crippen LogP contribution in [0.4, 0.5) is 0 Å². The first-order valence-electron chi connectivity index (χ1n) is 10.3. The molecule has 4 aliphatic rings. The molecule has 2 atom stereocenters. The number of amides is 1. The summed E-state index contributed by atoms with van der Waals surface area (Å²) in [6.07, 6.45) is 6.69. The Hall–Kier alpha value is -0.890. The van der Waals surface area contributed by atoms with Crippen molar-refractivity contribution in [1.82, 2.24) is 10.0 Å². The molecule has 4 fully saturated rings. The topological polar surface area (TPSA) is 84.2 Å². The minimum absolute atomic E-state index is 0.0311. The van der Waals surface area contributed by atoms with Crippen molar-refractivity contribution in [2.45, 2.75) is 62.4 Å². The lowest BCUT2D eigenvalue weighted by Crippen LogP contribution is -2.60. The number of hydrogen-bond donors (Lipinski definition) is 3. The largest absolute Gasteiger partial charge is 0.369 e. The van der Waals surface area contributed by atoms with Crippen molar-refractivity contribution in [3.05, 3.63) is 28.7 Å². The number of carbonyl (C=O) groups excluding carboxylic acids is 2. The highest BCUT2D eigenvalue weighted by molar-refractivity contribution is 9.10. The van der Waals surface area contributed by atoms with Crippen molar-refractivity contribution in [2.24, 2.45) is 28.9 Å². The Bertz CT molecular complexity index is 741. The number of primary amides is 1. The Morgan fingerprint density at radius 2 is 1.93 bits per heavy atom. The van der Waals surface area contributed by atoms with Gasteiger partial charge in [0.05, 0.1) is 5.54 Å². The van der Waals surface area contributed by atoms with Gasteiger partial charge in [-0.1, -0.05) is 22.0 Å². The van der Waals surface area contributed by atoms with E-state index in [1.807, 2.05) is 38.1 Å². The highest BCUT2D eigenvalue weighted by Crippen LogP contribution is 2.59. The number of aldehydes is 1. The molecule has 29 heavy (non-hydrogen) atoms. The molecule has 0 aromatic heterocycles. The second-order valence-corrected chi connectivity index (χ2v) is 11.2. The number of rotatable bonds is 6. The molecule has 7 heteroatoms. The zero-order valence-corrected chi connectivity index (χ0v) is 19.8. The summed E-state index contributed by atoms with van der Waals surface area (Å²) >= 11 is 4.84. The Kier molecular flexibility index (Phi) is 7.14. The van der Waals surface area contributed by atoms with Gasteiger partial charge >= 0.3 is 0 Å². The third-order valence-electron chi connectivity index (χ3n) is 6.65. The lowest BCUT2D eigenvalue weighted by atomic mass is 9.47. The zero-order chi connectivity index (χ0) is 21.2. The quantitative estimate of drug-likeness (QED) is 0.423. The van der Waals surface area contributed by atoms with Gasteiger partial charge in [0, 0.05) is 20.8 Å². The second-order valence-electron chi connectivity index (χ2n) is 9.43. The van der Waals surface area contributed by atoms with Gasteiger partial charge in [0.1, 0.15) is 6.29 Å². The summed E-state index contributed by atoms with van der Waals surface area (Å²) < 4.78 is 4.12. The first-order valence-corrected chi connectivity index (χ1v) is 11.9. The van der Waals surface area contributed by atoms with Gasteiger partial charge in [-0.05, 0) is 101 Å². The number of hydrogen-bond acceptors (Lipinski definition) is 5. The number of nitrogens with one attached hydrogen (secondary N) is 2. The molecule has 4 aliphatic carbocycles. The number of nitrogens with two attached hydrogens (primary N) is 1. The van der Waals surface area contributed by atoms with Crippen LogP contribution in [0, 0.1) is 23.2 Å². The van der Waals surface area contributed by atoms with Crippen LogP contribution in [0.15, 0.2) is 33.6 Å². The molecule has 160 valence electrons. The maximum Gasteiger partial charge on any atom is 0.223 e. The van der Waals surface area contributed by atoms with Crippen molar-refractivity contribution in [3.63, 3.8) is 0 Å². The normalized spacial score (nSPS) is 32.4. The summed E-state index contributed by atoms with van der Waals surface area (Å²) in [5.74, 6) is 2.15. The SMILES string of the molecule is CC(C)(C=O)NSc1cccc(Br)c1.CNC1C2CC3CC1CC(C(N)=O)(C3)C2. The van der Waals surface area contributed by atoms with Crippen molar-refractivity contribution in [3.8, 4) is 0 Å². The van der Waals surface area contributed by atoms with Crippen molar-refractivity contribution < 1.29 is 9.59 Å². The third-order valence-corrected chi connectivity index (χ3v) is 8.26. The van der Waals surface area contributed by atoms with Gasteiger partial charge in [-0.2, -0.15) is 0 Å². The Morgan fingerprint density at radius 1 is 1.28 bits per heavy atom. The van der Waals surface area contributed by atoms with Crippen molar-refractivity contribution in [2.75, 3.05) is 7.05 Å². The van der Waals surface area contributed by atoms with Gasteiger partial charge in [0.15, 0.2) is 0 Å². The monoisotopic (exact) mass is 481 g/mol. The standard InChI is InChI=1S/C12H20N2O.C10H12BrNOS/c1-14-10-8-2-7-3-9(10)6-12(4-7,5-8)11(13)15;1-10(2,7-13)12-14-9-5-3-4-8(11)6-9/h7-10,14H,2-6H2,1H3,(H2,13,15);3-7,12H,1-2H3. The predicted molar refractivity (Wildman–Crippen MR) is 121 cm³/mol. The van der Waals surface area contributed by atoms with E-state index in [0.717, 1.165) is 40.8 Å². The molecule has 1 amide bonds. The van der Waals surface area contributed by atoms with Gasteiger partial charge in [-0.3, -0.25) is 4.79 Å². The molecular weight excluding hydrogens is 450 g/mol. The lowest BCUT2D eigenvalue weighted by molar-refractivity contribution is -0.145. The third kappa shape index (κ3) is 5.24. The molecule has 5 rings (SSSR count). The smallest absolute Gasteiger partial charge is 0.223 e. The van der Waals surface area contributed by atoms with Gasteiger partial charge in [0.2, 0.25) is 5.91 Å². The molecule has 0 radical (unpaired) electrons. The summed E-state index contributed by atoms with van der Waals surface area (Å²) in [5.41, 5.74) is 5.00. The lowest BCUT2D eigenvalue weighted by Gasteiger charge is -2.58. The maximum atomic E-state index is 11.6. The summed E-state index contributed by atoms with van der Waals surface area (Å²) in [6.45, 7) is 3.68. The van der Waals surface area contributed by atoms with Crippen LogP contribution in [0.5, 0.6) is 0 Å². The van der Waals surface area contributed by atoms with Crippen LogP contribution in [-0.2, 0) is 9.59 Å². The molecule has 4 bridgehead atoms. The minimum atomic E-state index is -0.493. The van der Waals surface area contributed by atoms with Crippen LogP contribution < -0.4 is 15.8 Å². The van der Waals surface area contributed by atoms with E-state index in [1.54, 1.807) is 0 Å². The molecule has 0 heterocycles. The van der Waals surface area contributed by atoms with Gasteiger partial charge < -0.3 is 15.8 Å². The van der Waals surface area contributed by atoms with Crippen molar-refractivity contribution >= 4 is 40.1 Å². The van der Waals surface area contributed by atoms with E-state index in [0.29, 0.717) is 17.9 Å². The van der Waals surface area contributed by atoms with E-state index < -0.39 is 5.54 Å². The Morgan fingerprint density at radius 3 is 2.45 bits per heavy atom. The number of benzene rings is 1. The van der Waals surface area contributed by atoms with Gasteiger partial charge in [-0.15, -0.1) is 0 Å². The van der Waals surface area contributed by atoms with Crippen LogP contribution in [0.25, 0.3) is 0 Å².